The van der Waals surface area contributed by atoms with Crippen LogP contribution in [0.3, 0.4) is 0 Å². The Bertz CT molecular complexity index is 920. The fraction of sp³-hybridized carbons (Fsp3) is 0.391. The molecule has 0 unspecified atom stereocenters. The summed E-state index contributed by atoms with van der Waals surface area (Å²) >= 11 is 6.08. The van der Waals surface area contributed by atoms with E-state index in [-0.39, 0.29) is 11.9 Å². The zero-order chi connectivity index (χ0) is 20.4. The van der Waals surface area contributed by atoms with Gasteiger partial charge in [0, 0.05) is 30.1 Å². The number of hydrogen-bond donors (Lipinski definition) is 0. The smallest absolute Gasteiger partial charge is 0.257 e. The first-order valence-electron chi connectivity index (χ1n) is 10.0. The lowest BCUT2D eigenvalue weighted by molar-refractivity contribution is -0.135. The van der Waals surface area contributed by atoms with Gasteiger partial charge in [-0.25, -0.2) is 5.01 Å². The zero-order valence-corrected chi connectivity index (χ0v) is 17.7. The van der Waals surface area contributed by atoms with Gasteiger partial charge in [0.1, 0.15) is 0 Å². The van der Waals surface area contributed by atoms with Crippen LogP contribution in [0.1, 0.15) is 34.7 Å². The largest absolute Gasteiger partial charge is 0.379 e. The number of halogens is 1. The van der Waals surface area contributed by atoms with Gasteiger partial charge in [-0.05, 0) is 43.2 Å². The monoisotopic (exact) mass is 411 g/mol. The molecule has 0 aromatic heterocycles. The number of amides is 1. The Balaban J connectivity index is 1.64. The molecule has 2 aromatic carbocycles. The topological polar surface area (TPSA) is 45.1 Å². The van der Waals surface area contributed by atoms with Crippen molar-refractivity contribution < 1.29 is 9.53 Å². The molecule has 1 atom stereocenters. The number of hydrogen-bond acceptors (Lipinski definition) is 4. The van der Waals surface area contributed by atoms with Gasteiger partial charge in [0.15, 0.2) is 0 Å². The van der Waals surface area contributed by atoms with Crippen molar-refractivity contribution in [2.75, 3.05) is 32.8 Å². The molecule has 2 aliphatic heterocycles. The van der Waals surface area contributed by atoms with Crippen molar-refractivity contribution in [1.29, 1.82) is 0 Å². The maximum Gasteiger partial charge on any atom is 0.257 e. The normalized spacial score (nSPS) is 20.0. The lowest BCUT2D eigenvalue weighted by Crippen LogP contribution is -2.43. The van der Waals surface area contributed by atoms with E-state index in [0.29, 0.717) is 31.2 Å². The van der Waals surface area contributed by atoms with Crippen LogP contribution in [-0.4, -0.2) is 54.4 Å². The summed E-state index contributed by atoms with van der Waals surface area (Å²) in [6, 6.07) is 14.0. The minimum atomic E-state index is -0.115. The highest BCUT2D eigenvalue weighted by molar-refractivity contribution is 6.30. The number of ether oxygens (including phenoxy) is 1. The Morgan fingerprint density at radius 1 is 1.14 bits per heavy atom. The SMILES string of the molecule is Cc1ccc(C)c(C2=NN(C(=O)CN3CCOCC3)[C@H](c3ccc(Cl)cc3)C2)c1. The van der Waals surface area contributed by atoms with E-state index in [1.54, 1.807) is 5.01 Å². The van der Waals surface area contributed by atoms with E-state index in [9.17, 15) is 4.79 Å². The van der Waals surface area contributed by atoms with E-state index < -0.39 is 0 Å². The summed E-state index contributed by atoms with van der Waals surface area (Å²) in [5.74, 6) is 0.0205. The molecule has 0 bridgehead atoms. The Kier molecular flexibility index (Phi) is 5.99. The van der Waals surface area contributed by atoms with Gasteiger partial charge in [-0.2, -0.15) is 5.10 Å². The Morgan fingerprint density at radius 3 is 2.59 bits per heavy atom. The van der Waals surface area contributed by atoms with E-state index in [0.717, 1.165) is 29.9 Å². The highest BCUT2D eigenvalue weighted by Crippen LogP contribution is 2.34. The molecule has 6 heteroatoms. The Hall–Kier alpha value is -2.21. The maximum atomic E-state index is 13.2. The van der Waals surface area contributed by atoms with Crippen LogP contribution in [0.2, 0.25) is 5.02 Å². The number of morpholine rings is 1. The third kappa shape index (κ3) is 4.53. The molecular formula is C23H26ClN3O2. The van der Waals surface area contributed by atoms with Crippen LogP contribution in [0.15, 0.2) is 47.6 Å². The van der Waals surface area contributed by atoms with Gasteiger partial charge >= 0.3 is 0 Å². The Morgan fingerprint density at radius 2 is 1.86 bits per heavy atom. The van der Waals surface area contributed by atoms with E-state index in [4.69, 9.17) is 21.4 Å². The van der Waals surface area contributed by atoms with Gasteiger partial charge in [-0.3, -0.25) is 9.69 Å². The van der Waals surface area contributed by atoms with Crippen LogP contribution in [0, 0.1) is 13.8 Å². The molecule has 29 heavy (non-hydrogen) atoms. The molecule has 0 aliphatic carbocycles. The highest BCUT2D eigenvalue weighted by atomic mass is 35.5. The van der Waals surface area contributed by atoms with E-state index in [2.05, 4.69) is 36.9 Å². The quantitative estimate of drug-likeness (QED) is 0.764. The van der Waals surface area contributed by atoms with E-state index in [1.807, 2.05) is 24.3 Å². The standard InChI is InChI=1S/C23H26ClN3O2/c1-16-3-4-17(2)20(13-16)21-14-22(18-5-7-19(24)8-6-18)27(25-21)23(28)15-26-9-11-29-12-10-26/h3-8,13,22H,9-12,14-15H2,1-2H3/t22-/m0/s1. The molecule has 5 nitrogen and oxygen atoms in total. The molecular weight excluding hydrogens is 386 g/mol. The van der Waals surface area contributed by atoms with Gasteiger partial charge in [0.2, 0.25) is 0 Å². The molecule has 1 fully saturated rings. The van der Waals surface area contributed by atoms with Crippen LogP contribution in [0.4, 0.5) is 0 Å². The summed E-state index contributed by atoms with van der Waals surface area (Å²) in [4.78, 5) is 15.3. The van der Waals surface area contributed by atoms with Crippen LogP contribution in [0.5, 0.6) is 0 Å². The van der Waals surface area contributed by atoms with Crippen molar-refractivity contribution in [3.63, 3.8) is 0 Å². The summed E-state index contributed by atoms with van der Waals surface area (Å²) in [5, 5.41) is 7.18. The minimum Gasteiger partial charge on any atom is -0.379 e. The summed E-state index contributed by atoms with van der Waals surface area (Å²) in [6.45, 7) is 7.42. The van der Waals surface area contributed by atoms with Gasteiger partial charge < -0.3 is 4.74 Å². The second-order valence-electron chi connectivity index (χ2n) is 7.76. The van der Waals surface area contributed by atoms with E-state index in [1.165, 1.54) is 11.1 Å². The van der Waals surface area contributed by atoms with Crippen molar-refractivity contribution in [3.05, 3.63) is 69.7 Å². The third-order valence-corrected chi connectivity index (χ3v) is 5.84. The first-order chi connectivity index (χ1) is 14.0. The van der Waals surface area contributed by atoms with Crippen molar-refractivity contribution in [2.45, 2.75) is 26.3 Å². The van der Waals surface area contributed by atoms with Crippen LogP contribution >= 0.6 is 11.6 Å². The average molecular weight is 412 g/mol. The predicted octanol–water partition coefficient (Wildman–Crippen LogP) is 3.97. The molecule has 1 saturated heterocycles. The van der Waals surface area contributed by atoms with Gasteiger partial charge in [0.25, 0.3) is 5.91 Å². The van der Waals surface area contributed by atoms with Crippen LogP contribution < -0.4 is 0 Å². The number of rotatable bonds is 4. The Labute approximate surface area is 176 Å². The molecule has 1 amide bonds. The number of benzene rings is 2. The van der Waals surface area contributed by atoms with Gasteiger partial charge in [0.05, 0.1) is 31.5 Å². The molecule has 0 N–H and O–H groups in total. The summed E-state index contributed by atoms with van der Waals surface area (Å²) in [7, 11) is 0. The van der Waals surface area contributed by atoms with Gasteiger partial charge in [-0.15, -0.1) is 0 Å². The second kappa shape index (κ2) is 8.66. The highest BCUT2D eigenvalue weighted by Gasteiger charge is 2.34. The third-order valence-electron chi connectivity index (χ3n) is 5.59. The number of hydrazone groups is 1. The number of nitrogens with zero attached hydrogens (tertiary/aromatic N) is 3. The molecule has 0 spiro atoms. The van der Waals surface area contributed by atoms with Crippen LogP contribution in [-0.2, 0) is 9.53 Å². The first-order valence-corrected chi connectivity index (χ1v) is 10.4. The average Bonchev–Trinajstić information content (AvgIpc) is 3.16. The number of carbonyl (C=O) groups excluding carboxylic acids is 1. The zero-order valence-electron chi connectivity index (χ0n) is 16.9. The maximum absolute atomic E-state index is 13.2. The van der Waals surface area contributed by atoms with Gasteiger partial charge in [-0.1, -0.05) is 41.4 Å². The predicted molar refractivity (Wildman–Crippen MR) is 115 cm³/mol. The van der Waals surface area contributed by atoms with Crippen molar-refractivity contribution in [1.82, 2.24) is 9.91 Å². The van der Waals surface area contributed by atoms with Crippen LogP contribution in [0.25, 0.3) is 0 Å². The fourth-order valence-corrected chi connectivity index (χ4v) is 4.04. The molecule has 0 saturated carbocycles. The van der Waals surface area contributed by atoms with E-state index >= 15 is 0 Å². The molecule has 4 rings (SSSR count). The summed E-state index contributed by atoms with van der Waals surface area (Å²) in [6.07, 6.45) is 0.695. The molecule has 2 heterocycles. The second-order valence-corrected chi connectivity index (χ2v) is 8.20. The fourth-order valence-electron chi connectivity index (χ4n) is 3.92. The van der Waals surface area contributed by atoms with Crippen molar-refractivity contribution in [3.8, 4) is 0 Å². The first kappa shape index (κ1) is 20.1. The van der Waals surface area contributed by atoms with Crippen molar-refractivity contribution in [2.24, 2.45) is 5.10 Å². The molecule has 0 radical (unpaired) electrons. The molecule has 2 aliphatic rings. The molecule has 2 aromatic rings. The molecule has 152 valence electrons. The van der Waals surface area contributed by atoms with Crippen molar-refractivity contribution >= 4 is 23.2 Å². The summed E-state index contributed by atoms with van der Waals surface area (Å²) < 4.78 is 5.40. The summed E-state index contributed by atoms with van der Waals surface area (Å²) in [5.41, 5.74) is 5.49. The number of carbonyl (C=O) groups is 1. The number of aryl methyl sites for hydroxylation is 2. The lowest BCUT2D eigenvalue weighted by atomic mass is 9.95. The lowest BCUT2D eigenvalue weighted by Gasteiger charge is -2.29. The minimum absolute atomic E-state index is 0.0205.